The highest BCUT2D eigenvalue weighted by Gasteiger charge is 2.32. The van der Waals surface area contributed by atoms with Crippen molar-refractivity contribution >= 4 is 21.8 Å². The molecule has 7 nitrogen and oxygen atoms in total. The molecule has 1 fully saturated rings. The molecular weight excluding hydrogens is 372 g/mol. The molecule has 0 unspecified atom stereocenters. The van der Waals surface area contributed by atoms with Gasteiger partial charge in [-0.05, 0) is 25.0 Å². The van der Waals surface area contributed by atoms with Crippen molar-refractivity contribution in [2.45, 2.75) is 55.1 Å². The molecular formula is C17H22N4O3S2. The molecule has 4 rings (SSSR count). The van der Waals surface area contributed by atoms with E-state index in [0.717, 1.165) is 42.7 Å². The van der Waals surface area contributed by atoms with E-state index in [1.807, 2.05) is 6.92 Å². The number of hydrogen-bond acceptors (Lipinski definition) is 5. The van der Waals surface area contributed by atoms with Crippen molar-refractivity contribution in [2.75, 3.05) is 6.54 Å². The van der Waals surface area contributed by atoms with Crippen LogP contribution < -0.4 is 5.56 Å². The van der Waals surface area contributed by atoms with Crippen LogP contribution >= 0.6 is 11.8 Å². The summed E-state index contributed by atoms with van der Waals surface area (Å²) in [5, 5.41) is 3.08. The van der Waals surface area contributed by atoms with Crippen LogP contribution in [-0.4, -0.2) is 40.1 Å². The highest BCUT2D eigenvalue weighted by atomic mass is 32.2. The zero-order chi connectivity index (χ0) is 18.3. The standard InChI is InChI=1S/C17H22N4O3S2/c1-2-20(12-5-3-4-6-12)26(23,24)13-7-8-16(18-9-13)21-17(22)14-10-25-11-15(14)19-21/h7-9,12,19H,2-6,10-11H2,1H3. The number of nitrogens with zero attached hydrogens (tertiary/aromatic N) is 3. The van der Waals surface area contributed by atoms with Gasteiger partial charge in [-0.3, -0.25) is 9.89 Å². The van der Waals surface area contributed by atoms with E-state index in [2.05, 4.69) is 10.1 Å². The van der Waals surface area contributed by atoms with Gasteiger partial charge in [0.1, 0.15) is 4.90 Å². The lowest BCUT2D eigenvalue weighted by molar-refractivity contribution is 0.335. The number of nitrogens with one attached hydrogen (secondary N) is 1. The molecule has 1 saturated carbocycles. The molecule has 0 amide bonds. The Morgan fingerprint density at radius 3 is 2.69 bits per heavy atom. The maximum atomic E-state index is 13.0. The molecule has 1 aliphatic carbocycles. The molecule has 1 aliphatic heterocycles. The van der Waals surface area contributed by atoms with Crippen LogP contribution in [-0.2, 0) is 21.5 Å². The Kier molecular flexibility index (Phi) is 4.70. The molecule has 0 saturated heterocycles. The minimum atomic E-state index is -3.57. The van der Waals surface area contributed by atoms with Gasteiger partial charge in [0.25, 0.3) is 5.56 Å². The zero-order valence-electron chi connectivity index (χ0n) is 14.6. The molecule has 2 aromatic rings. The highest BCUT2D eigenvalue weighted by Crippen LogP contribution is 2.29. The Morgan fingerprint density at radius 2 is 2.08 bits per heavy atom. The number of pyridine rings is 1. The number of rotatable bonds is 5. The van der Waals surface area contributed by atoms with Gasteiger partial charge >= 0.3 is 0 Å². The maximum absolute atomic E-state index is 13.0. The second-order valence-corrected chi connectivity index (χ2v) is 9.58. The van der Waals surface area contributed by atoms with Crippen LogP contribution in [0.2, 0.25) is 0 Å². The summed E-state index contributed by atoms with van der Waals surface area (Å²) in [6, 6.07) is 3.22. The first-order chi connectivity index (χ1) is 12.5. The molecule has 1 N–H and O–H groups in total. The molecule has 0 radical (unpaired) electrons. The van der Waals surface area contributed by atoms with Crippen LogP contribution in [0.1, 0.15) is 43.9 Å². The molecule has 3 heterocycles. The van der Waals surface area contributed by atoms with Crippen LogP contribution in [0.4, 0.5) is 0 Å². The topological polar surface area (TPSA) is 88.1 Å². The molecule has 140 valence electrons. The fourth-order valence-electron chi connectivity index (χ4n) is 3.81. The fourth-order valence-corrected chi connectivity index (χ4v) is 6.50. The van der Waals surface area contributed by atoms with Crippen molar-refractivity contribution in [1.82, 2.24) is 19.1 Å². The Morgan fingerprint density at radius 1 is 1.31 bits per heavy atom. The number of sulfonamides is 1. The summed E-state index contributed by atoms with van der Waals surface area (Å²) in [5.74, 6) is 1.91. The van der Waals surface area contributed by atoms with Gasteiger partial charge in [0.05, 0.1) is 11.3 Å². The molecule has 2 aromatic heterocycles. The molecule has 0 atom stereocenters. The van der Waals surface area contributed by atoms with Crippen molar-refractivity contribution in [1.29, 1.82) is 0 Å². The van der Waals surface area contributed by atoms with Crippen LogP contribution in [0.15, 0.2) is 28.0 Å². The SMILES string of the molecule is CCN(C1CCCC1)S(=O)(=O)c1ccc(-n2[nH]c3c(c2=O)CSC3)nc1. The summed E-state index contributed by atoms with van der Waals surface area (Å²) in [6.07, 6.45) is 5.34. The van der Waals surface area contributed by atoms with E-state index in [1.165, 1.54) is 10.9 Å². The van der Waals surface area contributed by atoms with E-state index in [-0.39, 0.29) is 16.5 Å². The quantitative estimate of drug-likeness (QED) is 0.840. The second kappa shape index (κ2) is 6.86. The van der Waals surface area contributed by atoms with Crippen molar-refractivity contribution < 1.29 is 8.42 Å². The van der Waals surface area contributed by atoms with Crippen molar-refractivity contribution in [3.8, 4) is 5.82 Å². The minimum absolute atomic E-state index is 0.0798. The van der Waals surface area contributed by atoms with Crippen molar-refractivity contribution in [3.63, 3.8) is 0 Å². The summed E-state index contributed by atoms with van der Waals surface area (Å²) in [7, 11) is -3.57. The van der Waals surface area contributed by atoms with Gasteiger partial charge in [0.2, 0.25) is 10.0 Å². The summed E-state index contributed by atoms with van der Waals surface area (Å²) in [5.41, 5.74) is 1.61. The number of thioether (sulfide) groups is 1. The number of aromatic nitrogens is 3. The fraction of sp³-hybridized carbons (Fsp3) is 0.529. The van der Waals surface area contributed by atoms with Crippen LogP contribution in [0.5, 0.6) is 0 Å². The molecule has 9 heteroatoms. The number of H-pyrrole nitrogens is 1. The van der Waals surface area contributed by atoms with Crippen LogP contribution in [0, 0.1) is 0 Å². The summed E-state index contributed by atoms with van der Waals surface area (Å²) < 4.78 is 29.0. The second-order valence-electron chi connectivity index (χ2n) is 6.70. The van der Waals surface area contributed by atoms with E-state index in [1.54, 1.807) is 28.2 Å². The maximum Gasteiger partial charge on any atom is 0.276 e. The smallest absolute Gasteiger partial charge is 0.276 e. The first kappa shape index (κ1) is 17.8. The predicted octanol–water partition coefficient (Wildman–Crippen LogP) is 2.26. The van der Waals surface area contributed by atoms with Gasteiger partial charge in [0.15, 0.2) is 5.82 Å². The summed E-state index contributed by atoms with van der Waals surface area (Å²) in [4.78, 5) is 16.9. The minimum Gasteiger partial charge on any atom is -0.292 e. The Balaban J connectivity index is 1.64. The number of hydrogen-bond donors (Lipinski definition) is 1. The first-order valence-electron chi connectivity index (χ1n) is 8.91. The van der Waals surface area contributed by atoms with Gasteiger partial charge < -0.3 is 0 Å². The van der Waals surface area contributed by atoms with Crippen molar-refractivity contribution in [2.24, 2.45) is 0 Å². The monoisotopic (exact) mass is 394 g/mol. The average Bonchev–Trinajstić information content (AvgIpc) is 3.36. The van der Waals surface area contributed by atoms with Gasteiger partial charge in [-0.2, -0.15) is 16.1 Å². The van der Waals surface area contributed by atoms with Crippen LogP contribution in [0.3, 0.4) is 0 Å². The van der Waals surface area contributed by atoms with Gasteiger partial charge in [-0.1, -0.05) is 19.8 Å². The van der Waals surface area contributed by atoms with Gasteiger partial charge in [0, 0.05) is 30.3 Å². The predicted molar refractivity (Wildman–Crippen MR) is 101 cm³/mol. The van der Waals surface area contributed by atoms with E-state index in [4.69, 9.17) is 0 Å². The van der Waals surface area contributed by atoms with E-state index in [9.17, 15) is 13.2 Å². The first-order valence-corrected chi connectivity index (χ1v) is 11.5. The van der Waals surface area contributed by atoms with E-state index in [0.29, 0.717) is 18.1 Å². The Bertz CT molecular complexity index is 957. The summed E-state index contributed by atoms with van der Waals surface area (Å²) >= 11 is 1.70. The third-order valence-electron chi connectivity index (χ3n) is 5.17. The van der Waals surface area contributed by atoms with Crippen molar-refractivity contribution in [3.05, 3.63) is 39.9 Å². The summed E-state index contributed by atoms with van der Waals surface area (Å²) in [6.45, 7) is 2.32. The lowest BCUT2D eigenvalue weighted by Crippen LogP contribution is -2.38. The lowest BCUT2D eigenvalue weighted by atomic mass is 10.2. The highest BCUT2D eigenvalue weighted by molar-refractivity contribution is 7.98. The molecule has 0 bridgehead atoms. The van der Waals surface area contributed by atoms with Gasteiger partial charge in [-0.25, -0.2) is 18.1 Å². The largest absolute Gasteiger partial charge is 0.292 e. The van der Waals surface area contributed by atoms with E-state index >= 15 is 0 Å². The molecule has 0 spiro atoms. The Hall–Kier alpha value is -1.58. The molecule has 0 aromatic carbocycles. The van der Waals surface area contributed by atoms with Crippen LogP contribution in [0.25, 0.3) is 5.82 Å². The van der Waals surface area contributed by atoms with Gasteiger partial charge in [-0.15, -0.1) is 0 Å². The molecule has 26 heavy (non-hydrogen) atoms. The Labute approximate surface area is 156 Å². The lowest BCUT2D eigenvalue weighted by Gasteiger charge is -2.26. The number of fused-ring (bicyclic) bond motifs is 1. The normalized spacial score (nSPS) is 17.9. The van der Waals surface area contributed by atoms with E-state index < -0.39 is 10.0 Å². The zero-order valence-corrected chi connectivity index (χ0v) is 16.3. The average molecular weight is 395 g/mol. The third kappa shape index (κ3) is 2.91. The molecule has 2 aliphatic rings. The number of aromatic amines is 1. The third-order valence-corrected chi connectivity index (χ3v) is 8.16.